The number of rotatable bonds is 6. The standard InChI is InChI=1S/C56H36N4/c1-3-19-38(20-4-1)55-46-29-13-15-31-50(46)57-56(58-55)59(40-23-5-2-6-24-40)41-34-39-21-8-9-25-42(39)48(35-41)49-36-53-54(45-28-12-11-27-44(45)49)47-30-14-16-32-52(47)60(53)51-33-17-22-37-18-7-10-26-43(37)51/h1-36H. The maximum absolute atomic E-state index is 5.40. The molecule has 4 heteroatoms. The Balaban J connectivity index is 1.17. The van der Waals surface area contributed by atoms with Gasteiger partial charge in [0.15, 0.2) is 0 Å². The molecule has 60 heavy (non-hydrogen) atoms. The average Bonchev–Trinajstić information content (AvgIpc) is 3.65. The summed E-state index contributed by atoms with van der Waals surface area (Å²) in [5.74, 6) is 0.608. The van der Waals surface area contributed by atoms with Crippen molar-refractivity contribution in [3.63, 3.8) is 0 Å². The fourth-order valence-corrected chi connectivity index (χ4v) is 9.30. The molecule has 0 radical (unpaired) electrons. The van der Waals surface area contributed by atoms with Gasteiger partial charge in [0.05, 0.1) is 33.6 Å². The van der Waals surface area contributed by atoms with Crippen LogP contribution in [0.1, 0.15) is 0 Å². The van der Waals surface area contributed by atoms with Gasteiger partial charge in [-0.15, -0.1) is 0 Å². The van der Waals surface area contributed by atoms with Crippen LogP contribution in [0.25, 0.3) is 93.1 Å². The zero-order valence-electron chi connectivity index (χ0n) is 32.6. The molecule has 0 aliphatic carbocycles. The number of nitrogens with zero attached hydrogens (tertiary/aromatic N) is 4. The molecule has 0 atom stereocenters. The summed E-state index contributed by atoms with van der Waals surface area (Å²) in [7, 11) is 0. The number of aromatic nitrogens is 3. The van der Waals surface area contributed by atoms with Crippen LogP contribution in [0.15, 0.2) is 218 Å². The zero-order valence-corrected chi connectivity index (χ0v) is 32.6. The second-order valence-electron chi connectivity index (χ2n) is 15.4. The third kappa shape index (κ3) is 5.39. The fourth-order valence-electron chi connectivity index (χ4n) is 9.30. The van der Waals surface area contributed by atoms with Crippen molar-refractivity contribution in [3.05, 3.63) is 218 Å². The van der Waals surface area contributed by atoms with Crippen molar-refractivity contribution in [2.45, 2.75) is 0 Å². The first-order valence-electron chi connectivity index (χ1n) is 20.4. The maximum Gasteiger partial charge on any atom is 0.235 e. The van der Waals surface area contributed by atoms with E-state index in [1.807, 2.05) is 12.1 Å². The van der Waals surface area contributed by atoms with Gasteiger partial charge in [-0.05, 0) is 86.6 Å². The summed E-state index contributed by atoms with van der Waals surface area (Å²) in [4.78, 5) is 12.9. The Kier molecular flexibility index (Phi) is 7.82. The Bertz CT molecular complexity index is 3600. The summed E-state index contributed by atoms with van der Waals surface area (Å²) in [6.07, 6.45) is 0. The van der Waals surface area contributed by atoms with Crippen LogP contribution in [0, 0.1) is 0 Å². The lowest BCUT2D eigenvalue weighted by Crippen LogP contribution is -2.14. The van der Waals surface area contributed by atoms with E-state index < -0.39 is 0 Å². The topological polar surface area (TPSA) is 34.0 Å². The van der Waals surface area contributed by atoms with Gasteiger partial charge in [-0.3, -0.25) is 4.90 Å². The van der Waals surface area contributed by atoms with E-state index in [1.54, 1.807) is 0 Å². The van der Waals surface area contributed by atoms with E-state index in [4.69, 9.17) is 9.97 Å². The van der Waals surface area contributed by atoms with Crippen molar-refractivity contribution >= 4 is 82.3 Å². The quantitative estimate of drug-likeness (QED) is 0.169. The van der Waals surface area contributed by atoms with Crippen LogP contribution in [-0.2, 0) is 0 Å². The van der Waals surface area contributed by atoms with Gasteiger partial charge in [0, 0.05) is 32.8 Å². The molecular formula is C56H36N4. The molecule has 10 aromatic carbocycles. The molecule has 0 saturated heterocycles. The number of fused-ring (bicyclic) bond motifs is 8. The molecule has 0 aliphatic rings. The molecule has 0 unspecified atom stereocenters. The van der Waals surface area contributed by atoms with Crippen LogP contribution in [0.2, 0.25) is 0 Å². The summed E-state index contributed by atoms with van der Waals surface area (Å²) in [6, 6.07) is 78.1. The van der Waals surface area contributed by atoms with Crippen LogP contribution < -0.4 is 4.90 Å². The van der Waals surface area contributed by atoms with E-state index in [2.05, 4.69) is 216 Å². The molecule has 2 aromatic heterocycles. The first kappa shape index (κ1) is 34.0. The van der Waals surface area contributed by atoms with Gasteiger partial charge < -0.3 is 4.57 Å². The van der Waals surface area contributed by atoms with E-state index >= 15 is 0 Å². The Morgan fingerprint density at radius 2 is 0.967 bits per heavy atom. The lowest BCUT2D eigenvalue weighted by molar-refractivity contribution is 1.11. The third-order valence-electron chi connectivity index (χ3n) is 11.9. The number of hydrogen-bond acceptors (Lipinski definition) is 3. The number of benzene rings is 10. The molecule has 2 heterocycles. The SMILES string of the molecule is c1ccc(-c2nc(N(c3ccccc3)c3cc(-c4cc5c(c6ccccc46)c4ccccc4n5-c4cccc5ccccc45)c4ccccc4c3)nc3ccccc23)cc1. The summed E-state index contributed by atoms with van der Waals surface area (Å²) < 4.78 is 2.47. The predicted molar refractivity (Wildman–Crippen MR) is 252 cm³/mol. The lowest BCUT2D eigenvalue weighted by atomic mass is 9.91. The summed E-state index contributed by atoms with van der Waals surface area (Å²) >= 11 is 0. The molecule has 0 bridgehead atoms. The van der Waals surface area contributed by atoms with Gasteiger partial charge >= 0.3 is 0 Å². The number of para-hydroxylation sites is 3. The van der Waals surface area contributed by atoms with Gasteiger partial charge in [-0.25, -0.2) is 9.97 Å². The summed E-state index contributed by atoms with van der Waals surface area (Å²) in [6.45, 7) is 0. The number of hydrogen-bond donors (Lipinski definition) is 0. The van der Waals surface area contributed by atoms with Gasteiger partial charge in [-0.1, -0.05) is 170 Å². The predicted octanol–water partition coefficient (Wildman–Crippen LogP) is 15.0. The minimum absolute atomic E-state index is 0.608. The first-order valence-corrected chi connectivity index (χ1v) is 20.4. The minimum Gasteiger partial charge on any atom is -0.309 e. The van der Waals surface area contributed by atoms with E-state index in [0.29, 0.717) is 5.95 Å². The van der Waals surface area contributed by atoms with E-state index in [0.717, 1.165) is 55.7 Å². The number of anilines is 3. The van der Waals surface area contributed by atoms with Crippen LogP contribution >= 0.6 is 0 Å². The highest BCUT2D eigenvalue weighted by atomic mass is 15.3. The fraction of sp³-hybridized carbons (Fsp3) is 0. The third-order valence-corrected chi connectivity index (χ3v) is 11.9. The average molecular weight is 765 g/mol. The van der Waals surface area contributed by atoms with E-state index in [-0.39, 0.29) is 0 Å². The monoisotopic (exact) mass is 764 g/mol. The van der Waals surface area contributed by atoms with Crippen LogP contribution in [0.4, 0.5) is 17.3 Å². The molecule has 12 rings (SSSR count). The van der Waals surface area contributed by atoms with E-state index in [9.17, 15) is 0 Å². The lowest BCUT2D eigenvalue weighted by Gasteiger charge is -2.26. The highest BCUT2D eigenvalue weighted by Crippen LogP contribution is 2.46. The Morgan fingerprint density at radius 3 is 1.78 bits per heavy atom. The van der Waals surface area contributed by atoms with Gasteiger partial charge in [-0.2, -0.15) is 0 Å². The van der Waals surface area contributed by atoms with Gasteiger partial charge in [0.1, 0.15) is 0 Å². The molecule has 0 aliphatic heterocycles. The molecular weight excluding hydrogens is 729 g/mol. The Labute approximate surface area is 346 Å². The second kappa shape index (κ2) is 13.8. The van der Waals surface area contributed by atoms with Crippen molar-refractivity contribution in [1.29, 1.82) is 0 Å². The molecule has 0 amide bonds. The summed E-state index contributed by atoms with van der Waals surface area (Å²) in [5, 5.41) is 10.7. The second-order valence-corrected chi connectivity index (χ2v) is 15.4. The highest BCUT2D eigenvalue weighted by molar-refractivity contribution is 6.25. The highest BCUT2D eigenvalue weighted by Gasteiger charge is 2.23. The van der Waals surface area contributed by atoms with E-state index in [1.165, 1.54) is 48.7 Å². The van der Waals surface area contributed by atoms with Crippen molar-refractivity contribution in [2.75, 3.05) is 4.90 Å². The molecule has 280 valence electrons. The normalized spacial score (nSPS) is 11.7. The smallest absolute Gasteiger partial charge is 0.235 e. The molecule has 0 saturated carbocycles. The first-order chi connectivity index (χ1) is 29.8. The van der Waals surface area contributed by atoms with Crippen LogP contribution in [0.3, 0.4) is 0 Å². The van der Waals surface area contributed by atoms with Crippen LogP contribution in [-0.4, -0.2) is 14.5 Å². The molecule has 12 aromatic rings. The molecule has 0 spiro atoms. The van der Waals surface area contributed by atoms with Crippen molar-refractivity contribution in [1.82, 2.24) is 14.5 Å². The van der Waals surface area contributed by atoms with Gasteiger partial charge in [0.2, 0.25) is 5.95 Å². The van der Waals surface area contributed by atoms with Crippen molar-refractivity contribution < 1.29 is 0 Å². The molecule has 0 fully saturated rings. The molecule has 0 N–H and O–H groups in total. The van der Waals surface area contributed by atoms with Crippen molar-refractivity contribution in [2.24, 2.45) is 0 Å². The van der Waals surface area contributed by atoms with Gasteiger partial charge in [0.25, 0.3) is 0 Å². The Hall–Kier alpha value is -8.08. The minimum atomic E-state index is 0.608. The van der Waals surface area contributed by atoms with Crippen molar-refractivity contribution in [3.8, 4) is 28.1 Å². The Morgan fingerprint density at radius 1 is 0.367 bits per heavy atom. The maximum atomic E-state index is 5.40. The summed E-state index contributed by atoms with van der Waals surface area (Å²) in [5.41, 5.74) is 10.6. The largest absolute Gasteiger partial charge is 0.309 e. The molecule has 4 nitrogen and oxygen atoms in total. The van der Waals surface area contributed by atoms with Crippen LogP contribution in [0.5, 0.6) is 0 Å². The zero-order chi connectivity index (χ0) is 39.6.